The van der Waals surface area contributed by atoms with Crippen LogP contribution in [-0.2, 0) is 24.2 Å². The second-order valence-electron chi connectivity index (χ2n) is 7.83. The highest BCUT2D eigenvalue weighted by Gasteiger charge is 2.23. The molecule has 0 unspecified atom stereocenters. The topological polar surface area (TPSA) is 94.7 Å². The van der Waals surface area contributed by atoms with E-state index in [9.17, 15) is 14.7 Å². The third kappa shape index (κ3) is 5.09. The number of rotatable bonds is 7. The van der Waals surface area contributed by atoms with Crippen molar-refractivity contribution in [1.29, 1.82) is 0 Å². The van der Waals surface area contributed by atoms with Crippen molar-refractivity contribution in [2.24, 2.45) is 0 Å². The maximum atomic E-state index is 12.7. The molecule has 1 fully saturated rings. The van der Waals surface area contributed by atoms with E-state index in [2.05, 4.69) is 27.3 Å². The SMILES string of the molecule is CCc1[nH]c(C(=O)NCc2ccc(CN3CCC(O)CC3)cc2)c(C)c1C(=O)OC. The molecule has 3 N–H and O–H groups in total. The summed E-state index contributed by atoms with van der Waals surface area (Å²) >= 11 is 0. The Morgan fingerprint density at radius 1 is 1.20 bits per heavy atom. The van der Waals surface area contributed by atoms with Crippen molar-refractivity contribution < 1.29 is 19.4 Å². The summed E-state index contributed by atoms with van der Waals surface area (Å²) in [6, 6.07) is 8.20. The molecule has 1 aromatic carbocycles. The van der Waals surface area contributed by atoms with Crippen LogP contribution < -0.4 is 5.32 Å². The zero-order valence-corrected chi connectivity index (χ0v) is 18.0. The van der Waals surface area contributed by atoms with Gasteiger partial charge in [0.25, 0.3) is 5.91 Å². The number of hydrogen-bond donors (Lipinski definition) is 3. The van der Waals surface area contributed by atoms with E-state index in [1.165, 1.54) is 12.7 Å². The Hall–Kier alpha value is -2.64. The van der Waals surface area contributed by atoms with E-state index < -0.39 is 5.97 Å². The summed E-state index contributed by atoms with van der Waals surface area (Å²) in [6.45, 7) is 6.79. The fraction of sp³-hybridized carbons (Fsp3) is 0.478. The van der Waals surface area contributed by atoms with E-state index in [4.69, 9.17) is 4.74 Å². The van der Waals surface area contributed by atoms with Crippen LogP contribution in [0.5, 0.6) is 0 Å². The lowest BCUT2D eigenvalue weighted by Crippen LogP contribution is -2.35. The molecule has 7 heteroatoms. The lowest BCUT2D eigenvalue weighted by atomic mass is 10.1. The number of carbonyl (C=O) groups is 2. The summed E-state index contributed by atoms with van der Waals surface area (Å²) in [7, 11) is 1.34. The van der Waals surface area contributed by atoms with Crippen LogP contribution in [0.1, 0.15) is 63.0 Å². The van der Waals surface area contributed by atoms with Gasteiger partial charge in [0.2, 0.25) is 0 Å². The summed E-state index contributed by atoms with van der Waals surface area (Å²) in [6.07, 6.45) is 2.11. The number of aromatic nitrogens is 1. The second kappa shape index (κ2) is 9.91. The highest BCUT2D eigenvalue weighted by molar-refractivity contribution is 6.00. The molecule has 0 atom stereocenters. The van der Waals surface area contributed by atoms with Gasteiger partial charge in [-0.1, -0.05) is 31.2 Å². The van der Waals surface area contributed by atoms with Crippen LogP contribution >= 0.6 is 0 Å². The van der Waals surface area contributed by atoms with Crippen molar-refractivity contribution in [3.05, 3.63) is 57.9 Å². The van der Waals surface area contributed by atoms with Crippen molar-refractivity contribution in [3.63, 3.8) is 0 Å². The molecule has 0 spiro atoms. The van der Waals surface area contributed by atoms with Gasteiger partial charge < -0.3 is 20.1 Å². The smallest absolute Gasteiger partial charge is 0.339 e. The Kier molecular flexibility index (Phi) is 7.29. The van der Waals surface area contributed by atoms with Gasteiger partial charge in [0, 0.05) is 31.9 Å². The van der Waals surface area contributed by atoms with Gasteiger partial charge in [-0.3, -0.25) is 9.69 Å². The van der Waals surface area contributed by atoms with Crippen molar-refractivity contribution in [2.75, 3.05) is 20.2 Å². The monoisotopic (exact) mass is 413 g/mol. The molecular weight excluding hydrogens is 382 g/mol. The van der Waals surface area contributed by atoms with E-state index in [0.717, 1.165) is 38.0 Å². The van der Waals surface area contributed by atoms with Crippen LogP contribution in [0.2, 0.25) is 0 Å². The number of hydrogen-bond acceptors (Lipinski definition) is 5. The van der Waals surface area contributed by atoms with Gasteiger partial charge in [-0.25, -0.2) is 4.79 Å². The number of nitrogens with one attached hydrogen (secondary N) is 2. The maximum Gasteiger partial charge on any atom is 0.339 e. The Morgan fingerprint density at radius 3 is 2.43 bits per heavy atom. The first-order chi connectivity index (χ1) is 14.4. The van der Waals surface area contributed by atoms with Gasteiger partial charge in [-0.2, -0.15) is 0 Å². The van der Waals surface area contributed by atoms with Crippen molar-refractivity contribution in [1.82, 2.24) is 15.2 Å². The van der Waals surface area contributed by atoms with Gasteiger partial charge in [-0.05, 0) is 42.9 Å². The fourth-order valence-electron chi connectivity index (χ4n) is 3.90. The standard InChI is InChI=1S/C23H31N3O4/c1-4-19-20(23(29)30-3)15(2)21(25-19)22(28)24-13-16-5-7-17(8-6-16)14-26-11-9-18(27)10-12-26/h5-8,18,25,27H,4,9-14H2,1-3H3,(H,24,28). The number of ether oxygens (including phenoxy) is 1. The number of aliphatic hydroxyl groups excluding tert-OH is 1. The van der Waals surface area contributed by atoms with E-state index in [0.29, 0.717) is 35.5 Å². The summed E-state index contributed by atoms with van der Waals surface area (Å²) in [5.74, 6) is -0.674. The van der Waals surface area contributed by atoms with Crippen LogP contribution in [0.25, 0.3) is 0 Å². The van der Waals surface area contributed by atoms with Crippen molar-refractivity contribution in [3.8, 4) is 0 Å². The van der Waals surface area contributed by atoms with E-state index in [-0.39, 0.29) is 12.0 Å². The first-order valence-corrected chi connectivity index (χ1v) is 10.5. The summed E-state index contributed by atoms with van der Waals surface area (Å²) in [4.78, 5) is 30.1. The molecule has 162 valence electrons. The quantitative estimate of drug-likeness (QED) is 0.607. The largest absolute Gasteiger partial charge is 0.465 e. The molecule has 0 aliphatic carbocycles. The van der Waals surface area contributed by atoms with Crippen LogP contribution in [0.4, 0.5) is 0 Å². The van der Waals surface area contributed by atoms with Gasteiger partial charge in [0.15, 0.2) is 0 Å². The number of aryl methyl sites for hydroxylation is 1. The van der Waals surface area contributed by atoms with Crippen LogP contribution in [0.3, 0.4) is 0 Å². The van der Waals surface area contributed by atoms with E-state index in [1.807, 2.05) is 19.1 Å². The average Bonchev–Trinajstić information content (AvgIpc) is 3.10. The minimum absolute atomic E-state index is 0.160. The lowest BCUT2D eigenvalue weighted by molar-refractivity contribution is 0.0599. The molecular formula is C23H31N3O4. The summed E-state index contributed by atoms with van der Waals surface area (Å²) < 4.78 is 4.85. The van der Waals surface area contributed by atoms with Gasteiger partial charge in [0.05, 0.1) is 18.8 Å². The Morgan fingerprint density at radius 2 is 1.83 bits per heavy atom. The van der Waals surface area contributed by atoms with Crippen LogP contribution in [-0.4, -0.2) is 53.2 Å². The number of piperidine rings is 1. The third-order valence-corrected chi connectivity index (χ3v) is 5.74. The molecule has 30 heavy (non-hydrogen) atoms. The van der Waals surface area contributed by atoms with Crippen molar-refractivity contribution in [2.45, 2.75) is 52.3 Å². The molecule has 1 saturated heterocycles. The van der Waals surface area contributed by atoms with Gasteiger partial charge in [0.1, 0.15) is 5.69 Å². The summed E-state index contributed by atoms with van der Waals surface area (Å²) in [5.41, 5.74) is 4.39. The number of amides is 1. The molecule has 0 saturated carbocycles. The molecule has 0 bridgehead atoms. The predicted molar refractivity (Wildman–Crippen MR) is 114 cm³/mol. The number of likely N-dealkylation sites (tertiary alicyclic amines) is 1. The fourth-order valence-corrected chi connectivity index (χ4v) is 3.90. The maximum absolute atomic E-state index is 12.7. The molecule has 1 aliphatic rings. The number of methoxy groups -OCH3 is 1. The number of H-pyrrole nitrogens is 1. The minimum Gasteiger partial charge on any atom is -0.465 e. The lowest BCUT2D eigenvalue weighted by Gasteiger charge is -2.29. The Balaban J connectivity index is 1.58. The average molecular weight is 414 g/mol. The molecule has 0 radical (unpaired) electrons. The van der Waals surface area contributed by atoms with E-state index in [1.54, 1.807) is 6.92 Å². The molecule has 2 aromatic rings. The highest BCUT2D eigenvalue weighted by Crippen LogP contribution is 2.20. The normalized spacial score (nSPS) is 15.2. The number of benzene rings is 1. The zero-order chi connectivity index (χ0) is 21.7. The second-order valence-corrected chi connectivity index (χ2v) is 7.83. The number of carbonyl (C=O) groups excluding carboxylic acids is 2. The van der Waals surface area contributed by atoms with Crippen molar-refractivity contribution >= 4 is 11.9 Å². The Bertz CT molecular complexity index is 881. The number of nitrogens with zero attached hydrogens (tertiary/aromatic N) is 1. The first-order valence-electron chi connectivity index (χ1n) is 10.5. The van der Waals surface area contributed by atoms with Crippen LogP contribution in [0.15, 0.2) is 24.3 Å². The highest BCUT2D eigenvalue weighted by atomic mass is 16.5. The molecule has 1 amide bonds. The third-order valence-electron chi connectivity index (χ3n) is 5.74. The summed E-state index contributed by atoms with van der Waals surface area (Å²) in [5, 5.41) is 12.5. The molecule has 1 aliphatic heterocycles. The molecule has 2 heterocycles. The number of aliphatic hydroxyl groups is 1. The van der Waals surface area contributed by atoms with Gasteiger partial charge >= 0.3 is 5.97 Å². The zero-order valence-electron chi connectivity index (χ0n) is 18.0. The minimum atomic E-state index is -0.432. The number of esters is 1. The molecule has 3 rings (SSSR count). The molecule has 7 nitrogen and oxygen atoms in total. The Labute approximate surface area is 177 Å². The van der Waals surface area contributed by atoms with Gasteiger partial charge in [-0.15, -0.1) is 0 Å². The first kappa shape index (κ1) is 22.1. The predicted octanol–water partition coefficient (Wildman–Crippen LogP) is 2.56. The molecule has 1 aromatic heterocycles. The van der Waals surface area contributed by atoms with E-state index >= 15 is 0 Å². The van der Waals surface area contributed by atoms with Crippen LogP contribution in [0, 0.1) is 6.92 Å². The number of aromatic amines is 1.